The molecule has 0 aromatic rings. The van der Waals surface area contributed by atoms with Crippen LogP contribution in [0.2, 0.25) is 0 Å². The lowest BCUT2D eigenvalue weighted by Gasteiger charge is -2.35. The van der Waals surface area contributed by atoms with Crippen LogP contribution in [0.5, 0.6) is 0 Å². The Bertz CT molecular complexity index is 493. The molecule has 0 spiro atoms. The first kappa shape index (κ1) is 22.0. The third-order valence-electron chi connectivity index (χ3n) is 5.34. The van der Waals surface area contributed by atoms with Gasteiger partial charge in [-0.1, -0.05) is 13.8 Å². The second kappa shape index (κ2) is 9.76. The zero-order chi connectivity index (χ0) is 20.0. The lowest BCUT2D eigenvalue weighted by atomic mass is 9.92. The van der Waals surface area contributed by atoms with Gasteiger partial charge in [0.15, 0.2) is 0 Å². The second-order valence-electron chi connectivity index (χ2n) is 9.62. The summed E-state index contributed by atoms with van der Waals surface area (Å²) < 4.78 is 5.44. The molecule has 0 saturated carbocycles. The summed E-state index contributed by atoms with van der Waals surface area (Å²) in [4.78, 5) is 28.9. The largest absolute Gasteiger partial charge is 0.444 e. The van der Waals surface area contributed by atoms with Gasteiger partial charge in [-0.25, -0.2) is 4.79 Å². The third kappa shape index (κ3) is 7.68. The summed E-state index contributed by atoms with van der Waals surface area (Å²) >= 11 is 0. The van der Waals surface area contributed by atoms with Gasteiger partial charge in [0.1, 0.15) is 5.60 Å². The molecule has 2 aliphatic heterocycles. The Morgan fingerprint density at radius 2 is 1.78 bits per heavy atom. The van der Waals surface area contributed by atoms with E-state index in [4.69, 9.17) is 4.74 Å². The fourth-order valence-electron chi connectivity index (χ4n) is 4.32. The maximum atomic E-state index is 12.5. The summed E-state index contributed by atoms with van der Waals surface area (Å²) in [5, 5.41) is 3.08. The number of rotatable bonds is 5. The lowest BCUT2D eigenvalue weighted by molar-refractivity contribution is -0.126. The van der Waals surface area contributed by atoms with Gasteiger partial charge in [0.2, 0.25) is 5.91 Å². The van der Waals surface area contributed by atoms with Crippen LogP contribution in [-0.4, -0.2) is 66.7 Å². The predicted molar refractivity (Wildman–Crippen MR) is 108 cm³/mol. The highest BCUT2D eigenvalue weighted by Crippen LogP contribution is 2.21. The molecule has 0 radical (unpaired) electrons. The number of nitrogens with one attached hydrogen (secondary N) is 1. The van der Waals surface area contributed by atoms with Crippen molar-refractivity contribution in [3.63, 3.8) is 0 Å². The molecular formula is C21H39N3O3. The van der Waals surface area contributed by atoms with Gasteiger partial charge in [0, 0.05) is 32.7 Å². The van der Waals surface area contributed by atoms with Crippen LogP contribution in [-0.2, 0) is 9.53 Å². The Morgan fingerprint density at radius 1 is 1.11 bits per heavy atom. The number of ether oxygens (including phenoxy) is 1. The monoisotopic (exact) mass is 381 g/mol. The summed E-state index contributed by atoms with van der Waals surface area (Å²) in [6.07, 6.45) is 3.68. The fraction of sp³-hybridized carbons (Fsp3) is 0.905. The molecule has 2 heterocycles. The maximum absolute atomic E-state index is 12.5. The van der Waals surface area contributed by atoms with Crippen LogP contribution in [0.3, 0.4) is 0 Å². The summed E-state index contributed by atoms with van der Waals surface area (Å²) in [5.41, 5.74) is -0.504. The summed E-state index contributed by atoms with van der Waals surface area (Å²) in [6, 6.07) is 0. The van der Waals surface area contributed by atoms with Crippen molar-refractivity contribution in [2.45, 2.75) is 65.9 Å². The number of likely N-dealkylation sites (tertiary alicyclic amines) is 2. The zero-order valence-electron chi connectivity index (χ0n) is 17.9. The van der Waals surface area contributed by atoms with Crippen molar-refractivity contribution < 1.29 is 14.3 Å². The molecule has 2 saturated heterocycles. The Hall–Kier alpha value is -1.30. The average Bonchev–Trinajstić information content (AvgIpc) is 2.56. The molecule has 2 rings (SSSR count). The molecule has 3 unspecified atom stereocenters. The van der Waals surface area contributed by atoms with Crippen LogP contribution in [0.25, 0.3) is 0 Å². The lowest BCUT2D eigenvalue weighted by Crippen LogP contribution is -2.47. The van der Waals surface area contributed by atoms with Crippen LogP contribution < -0.4 is 5.32 Å². The van der Waals surface area contributed by atoms with Crippen molar-refractivity contribution in [1.29, 1.82) is 0 Å². The van der Waals surface area contributed by atoms with E-state index >= 15 is 0 Å². The van der Waals surface area contributed by atoms with Crippen molar-refractivity contribution in [3.05, 3.63) is 0 Å². The van der Waals surface area contributed by atoms with Gasteiger partial charge in [-0.05, 0) is 64.8 Å². The van der Waals surface area contributed by atoms with Crippen molar-refractivity contribution in [2.75, 3.05) is 39.3 Å². The summed E-state index contributed by atoms with van der Waals surface area (Å²) in [6.45, 7) is 15.5. The van der Waals surface area contributed by atoms with E-state index < -0.39 is 5.60 Å². The van der Waals surface area contributed by atoms with Gasteiger partial charge < -0.3 is 19.9 Å². The van der Waals surface area contributed by atoms with Crippen molar-refractivity contribution in [2.24, 2.45) is 17.8 Å². The van der Waals surface area contributed by atoms with Gasteiger partial charge in [0.25, 0.3) is 0 Å². The first-order valence-electron chi connectivity index (χ1n) is 10.6. The third-order valence-corrected chi connectivity index (χ3v) is 5.34. The summed E-state index contributed by atoms with van der Waals surface area (Å²) in [7, 11) is 0. The highest BCUT2D eigenvalue weighted by atomic mass is 16.6. The highest BCUT2D eigenvalue weighted by molar-refractivity contribution is 5.80. The number of amides is 2. The molecule has 2 fully saturated rings. The van der Waals surface area contributed by atoms with Crippen LogP contribution >= 0.6 is 0 Å². The maximum Gasteiger partial charge on any atom is 0.410 e. The molecule has 27 heavy (non-hydrogen) atoms. The highest BCUT2D eigenvalue weighted by Gasteiger charge is 2.31. The van der Waals surface area contributed by atoms with E-state index in [-0.39, 0.29) is 17.9 Å². The molecule has 156 valence electrons. The minimum Gasteiger partial charge on any atom is -0.444 e. The Kier molecular flexibility index (Phi) is 7.95. The van der Waals surface area contributed by atoms with Gasteiger partial charge in [0.05, 0.1) is 5.92 Å². The Morgan fingerprint density at radius 3 is 2.41 bits per heavy atom. The second-order valence-corrected chi connectivity index (χ2v) is 9.62. The van der Waals surface area contributed by atoms with E-state index in [2.05, 4.69) is 24.1 Å². The number of nitrogens with zero attached hydrogens (tertiary/aromatic N) is 2. The normalized spacial score (nSPS) is 27.3. The van der Waals surface area contributed by atoms with Gasteiger partial charge in [-0.15, -0.1) is 0 Å². The van der Waals surface area contributed by atoms with E-state index in [1.807, 2.05) is 20.8 Å². The van der Waals surface area contributed by atoms with Crippen LogP contribution in [0.1, 0.15) is 60.3 Å². The van der Waals surface area contributed by atoms with Crippen molar-refractivity contribution in [3.8, 4) is 0 Å². The fourth-order valence-corrected chi connectivity index (χ4v) is 4.32. The molecule has 3 atom stereocenters. The number of hydrogen-bond acceptors (Lipinski definition) is 4. The van der Waals surface area contributed by atoms with Crippen molar-refractivity contribution >= 4 is 12.0 Å². The van der Waals surface area contributed by atoms with Gasteiger partial charge >= 0.3 is 6.09 Å². The standard InChI is InChI=1S/C21H39N3O3/c1-16-12-17(2)14-23(13-16)10-7-9-22-19(25)18-8-6-11-24(15-18)20(26)27-21(3,4)5/h16-18H,6-15H2,1-5H3,(H,22,25). The average molecular weight is 382 g/mol. The minimum atomic E-state index is -0.504. The molecule has 1 N–H and O–H groups in total. The topological polar surface area (TPSA) is 61.9 Å². The van der Waals surface area contributed by atoms with E-state index in [1.165, 1.54) is 19.5 Å². The SMILES string of the molecule is CC1CC(C)CN(CCCNC(=O)C2CCCN(C(=O)OC(C)(C)C)C2)C1. The molecule has 6 nitrogen and oxygen atoms in total. The van der Waals surface area contributed by atoms with E-state index in [9.17, 15) is 9.59 Å². The number of carbonyl (C=O) groups is 2. The Labute approximate surface area is 165 Å². The molecule has 0 aliphatic carbocycles. The van der Waals surface area contributed by atoms with Gasteiger partial charge in [-0.3, -0.25) is 4.79 Å². The van der Waals surface area contributed by atoms with Crippen LogP contribution in [0.4, 0.5) is 4.79 Å². The molecule has 6 heteroatoms. The van der Waals surface area contributed by atoms with Crippen LogP contribution in [0.15, 0.2) is 0 Å². The Balaban J connectivity index is 1.68. The first-order chi connectivity index (χ1) is 12.6. The van der Waals surface area contributed by atoms with Crippen molar-refractivity contribution in [1.82, 2.24) is 15.1 Å². The molecule has 0 aromatic carbocycles. The molecule has 0 aromatic heterocycles. The quantitative estimate of drug-likeness (QED) is 0.743. The van der Waals surface area contributed by atoms with Gasteiger partial charge in [-0.2, -0.15) is 0 Å². The minimum absolute atomic E-state index is 0.0728. The smallest absolute Gasteiger partial charge is 0.410 e. The predicted octanol–water partition coefficient (Wildman–Crippen LogP) is 3.12. The molecule has 2 amide bonds. The molecular weight excluding hydrogens is 342 g/mol. The van der Waals surface area contributed by atoms with E-state index in [0.717, 1.165) is 37.6 Å². The zero-order valence-corrected chi connectivity index (χ0v) is 17.9. The van der Waals surface area contributed by atoms with Crippen LogP contribution in [0, 0.1) is 17.8 Å². The number of hydrogen-bond donors (Lipinski definition) is 1. The molecule has 0 bridgehead atoms. The summed E-state index contributed by atoms with van der Waals surface area (Å²) in [5.74, 6) is 1.48. The molecule has 2 aliphatic rings. The number of piperidine rings is 2. The first-order valence-corrected chi connectivity index (χ1v) is 10.6. The number of carbonyl (C=O) groups excluding carboxylic acids is 2. The van der Waals surface area contributed by atoms with E-state index in [0.29, 0.717) is 19.6 Å². The van der Waals surface area contributed by atoms with E-state index in [1.54, 1.807) is 4.90 Å².